The molecule has 2 aromatic rings. The van der Waals surface area contributed by atoms with Gasteiger partial charge in [0.1, 0.15) is 6.29 Å². The van der Waals surface area contributed by atoms with Gasteiger partial charge in [-0.3, -0.25) is 4.79 Å². The third-order valence-corrected chi connectivity index (χ3v) is 2.54. The Labute approximate surface area is 94.7 Å². The molecular formula is C14H13NO. The van der Waals surface area contributed by atoms with E-state index in [-0.39, 0.29) is 0 Å². The Bertz CT molecular complexity index is 488. The summed E-state index contributed by atoms with van der Waals surface area (Å²) in [6.07, 6.45) is 0.847. The highest BCUT2D eigenvalue weighted by Crippen LogP contribution is 2.20. The van der Waals surface area contributed by atoms with Crippen molar-refractivity contribution in [2.75, 3.05) is 0 Å². The molecule has 80 valence electrons. The van der Waals surface area contributed by atoms with E-state index >= 15 is 0 Å². The highest BCUT2D eigenvalue weighted by molar-refractivity contribution is 5.77. The van der Waals surface area contributed by atoms with Crippen LogP contribution in [0.2, 0.25) is 0 Å². The van der Waals surface area contributed by atoms with Crippen LogP contribution in [-0.4, -0.2) is 6.29 Å². The summed E-state index contributed by atoms with van der Waals surface area (Å²) >= 11 is 0. The van der Waals surface area contributed by atoms with Crippen molar-refractivity contribution in [2.24, 2.45) is 5.73 Å². The highest BCUT2D eigenvalue weighted by atomic mass is 16.1. The van der Waals surface area contributed by atoms with Crippen molar-refractivity contribution in [3.8, 4) is 11.1 Å². The molecule has 2 N–H and O–H groups in total. The average molecular weight is 211 g/mol. The van der Waals surface area contributed by atoms with Crippen LogP contribution in [0.4, 0.5) is 0 Å². The van der Waals surface area contributed by atoms with Gasteiger partial charge in [0.15, 0.2) is 0 Å². The Morgan fingerprint density at radius 1 is 1.00 bits per heavy atom. The molecule has 0 aliphatic heterocycles. The summed E-state index contributed by atoms with van der Waals surface area (Å²) in [5.74, 6) is 0. The second kappa shape index (κ2) is 4.73. The third-order valence-electron chi connectivity index (χ3n) is 2.54. The van der Waals surface area contributed by atoms with Gasteiger partial charge in [-0.2, -0.15) is 0 Å². The van der Waals surface area contributed by atoms with Crippen molar-refractivity contribution in [3.05, 3.63) is 59.7 Å². The lowest BCUT2D eigenvalue weighted by atomic mass is 10.0. The Morgan fingerprint density at radius 3 is 2.38 bits per heavy atom. The molecule has 2 aromatic carbocycles. The first kappa shape index (κ1) is 10.6. The van der Waals surface area contributed by atoms with Gasteiger partial charge in [-0.05, 0) is 22.8 Å². The molecule has 0 aromatic heterocycles. The fourth-order valence-electron chi connectivity index (χ4n) is 1.63. The number of hydrogen-bond acceptors (Lipinski definition) is 2. The summed E-state index contributed by atoms with van der Waals surface area (Å²) < 4.78 is 0. The summed E-state index contributed by atoms with van der Waals surface area (Å²) in [4.78, 5) is 10.5. The summed E-state index contributed by atoms with van der Waals surface area (Å²) in [7, 11) is 0. The molecule has 0 spiro atoms. The zero-order valence-electron chi connectivity index (χ0n) is 8.89. The van der Waals surface area contributed by atoms with E-state index in [0.29, 0.717) is 12.1 Å². The molecule has 0 saturated heterocycles. The van der Waals surface area contributed by atoms with Crippen molar-refractivity contribution in [3.63, 3.8) is 0 Å². The first-order valence-corrected chi connectivity index (χ1v) is 5.18. The highest BCUT2D eigenvalue weighted by Gasteiger charge is 1.98. The van der Waals surface area contributed by atoms with E-state index in [2.05, 4.69) is 6.07 Å². The number of nitrogens with two attached hydrogens (primary N) is 1. The number of carbonyl (C=O) groups is 1. The minimum atomic E-state index is 0.542. The van der Waals surface area contributed by atoms with Crippen LogP contribution in [0.1, 0.15) is 15.9 Å². The molecule has 2 rings (SSSR count). The normalized spacial score (nSPS) is 10.1. The van der Waals surface area contributed by atoms with Gasteiger partial charge in [-0.1, -0.05) is 42.5 Å². The molecule has 0 amide bonds. The van der Waals surface area contributed by atoms with Crippen LogP contribution in [0, 0.1) is 0 Å². The number of carbonyl (C=O) groups excluding carboxylic acids is 1. The molecule has 0 bridgehead atoms. The smallest absolute Gasteiger partial charge is 0.150 e. The molecule has 2 heteroatoms. The maximum absolute atomic E-state index is 10.5. The summed E-state index contributed by atoms with van der Waals surface area (Å²) in [6.45, 7) is 0.542. The molecule has 0 aliphatic carbocycles. The van der Waals surface area contributed by atoms with Crippen LogP contribution in [-0.2, 0) is 6.54 Å². The van der Waals surface area contributed by atoms with Crippen molar-refractivity contribution >= 4 is 6.29 Å². The fourth-order valence-corrected chi connectivity index (χ4v) is 1.63. The topological polar surface area (TPSA) is 43.1 Å². The van der Waals surface area contributed by atoms with Crippen molar-refractivity contribution in [1.82, 2.24) is 0 Å². The van der Waals surface area contributed by atoms with E-state index in [1.807, 2.05) is 42.5 Å². The van der Waals surface area contributed by atoms with E-state index in [4.69, 9.17) is 5.73 Å². The number of benzene rings is 2. The summed E-state index contributed by atoms with van der Waals surface area (Å²) in [5.41, 5.74) is 9.62. The van der Waals surface area contributed by atoms with Gasteiger partial charge in [0.25, 0.3) is 0 Å². The molecule has 2 nitrogen and oxygen atoms in total. The number of rotatable bonds is 3. The van der Waals surface area contributed by atoms with Crippen LogP contribution >= 0.6 is 0 Å². The average Bonchev–Trinajstić information content (AvgIpc) is 2.39. The Hall–Kier alpha value is -1.93. The van der Waals surface area contributed by atoms with Crippen LogP contribution in [0.5, 0.6) is 0 Å². The second-order valence-electron chi connectivity index (χ2n) is 3.64. The maximum Gasteiger partial charge on any atom is 0.150 e. The van der Waals surface area contributed by atoms with Crippen LogP contribution in [0.3, 0.4) is 0 Å². The Morgan fingerprint density at radius 2 is 1.75 bits per heavy atom. The Kier molecular flexibility index (Phi) is 3.13. The molecule has 0 atom stereocenters. The second-order valence-corrected chi connectivity index (χ2v) is 3.64. The quantitative estimate of drug-likeness (QED) is 0.793. The van der Waals surface area contributed by atoms with Crippen LogP contribution in [0.25, 0.3) is 11.1 Å². The first-order chi connectivity index (χ1) is 7.83. The molecule has 0 saturated carbocycles. The van der Waals surface area contributed by atoms with Crippen LogP contribution in [0.15, 0.2) is 48.5 Å². The van der Waals surface area contributed by atoms with Gasteiger partial charge in [0, 0.05) is 12.1 Å². The van der Waals surface area contributed by atoms with Gasteiger partial charge < -0.3 is 5.73 Å². The molecule has 0 radical (unpaired) electrons. The van der Waals surface area contributed by atoms with Crippen molar-refractivity contribution in [1.29, 1.82) is 0 Å². The summed E-state index contributed by atoms with van der Waals surface area (Å²) in [5, 5.41) is 0. The lowest BCUT2D eigenvalue weighted by molar-refractivity contribution is 0.112. The van der Waals surface area contributed by atoms with Gasteiger partial charge in [-0.25, -0.2) is 0 Å². The largest absolute Gasteiger partial charge is 0.326 e. The van der Waals surface area contributed by atoms with Crippen molar-refractivity contribution < 1.29 is 4.79 Å². The SMILES string of the molecule is NCc1cccc(-c2ccc(C=O)cc2)c1. The molecule has 0 aliphatic rings. The van der Waals surface area contributed by atoms with Gasteiger partial charge in [-0.15, -0.1) is 0 Å². The van der Waals surface area contributed by atoms with E-state index in [1.54, 1.807) is 0 Å². The van der Waals surface area contributed by atoms with E-state index in [0.717, 1.165) is 23.0 Å². The lowest BCUT2D eigenvalue weighted by Gasteiger charge is -2.04. The van der Waals surface area contributed by atoms with Gasteiger partial charge in [0.2, 0.25) is 0 Å². The molecular weight excluding hydrogens is 198 g/mol. The van der Waals surface area contributed by atoms with E-state index in [9.17, 15) is 4.79 Å². The predicted molar refractivity (Wildman–Crippen MR) is 65.2 cm³/mol. The molecule has 0 heterocycles. The predicted octanol–water partition coefficient (Wildman–Crippen LogP) is 2.62. The zero-order chi connectivity index (χ0) is 11.4. The van der Waals surface area contributed by atoms with E-state index < -0.39 is 0 Å². The van der Waals surface area contributed by atoms with Crippen LogP contribution < -0.4 is 5.73 Å². The minimum Gasteiger partial charge on any atom is -0.326 e. The fraction of sp³-hybridized carbons (Fsp3) is 0.0714. The van der Waals surface area contributed by atoms with Gasteiger partial charge in [0.05, 0.1) is 0 Å². The van der Waals surface area contributed by atoms with E-state index in [1.165, 1.54) is 0 Å². The zero-order valence-corrected chi connectivity index (χ0v) is 8.89. The molecule has 0 unspecified atom stereocenters. The number of hydrogen-bond donors (Lipinski definition) is 1. The van der Waals surface area contributed by atoms with Gasteiger partial charge >= 0.3 is 0 Å². The molecule has 0 fully saturated rings. The first-order valence-electron chi connectivity index (χ1n) is 5.18. The third kappa shape index (κ3) is 2.18. The monoisotopic (exact) mass is 211 g/mol. The van der Waals surface area contributed by atoms with Crippen molar-refractivity contribution in [2.45, 2.75) is 6.54 Å². The molecule has 16 heavy (non-hydrogen) atoms. The Balaban J connectivity index is 2.38. The minimum absolute atomic E-state index is 0.542. The standard InChI is InChI=1S/C14H13NO/c15-9-12-2-1-3-14(8-12)13-6-4-11(10-16)5-7-13/h1-8,10H,9,15H2. The summed E-state index contributed by atoms with van der Waals surface area (Å²) in [6, 6.07) is 15.6. The number of aldehydes is 1. The lowest BCUT2D eigenvalue weighted by Crippen LogP contribution is -1.95. The maximum atomic E-state index is 10.5.